The van der Waals surface area contributed by atoms with Crippen molar-refractivity contribution < 1.29 is 4.74 Å². The second-order valence-corrected chi connectivity index (χ2v) is 3.24. The molecule has 0 unspecified atom stereocenters. The summed E-state index contributed by atoms with van der Waals surface area (Å²) in [6.45, 7) is 0. The van der Waals surface area contributed by atoms with Crippen molar-refractivity contribution in [2.75, 3.05) is 5.73 Å². The Bertz CT molecular complexity index is 476. The van der Waals surface area contributed by atoms with E-state index in [1.807, 2.05) is 0 Å². The molecule has 0 aliphatic rings. The van der Waals surface area contributed by atoms with Gasteiger partial charge in [0.05, 0.1) is 0 Å². The molecule has 5 heteroatoms. The monoisotopic (exact) mass is 221 g/mol. The van der Waals surface area contributed by atoms with Gasteiger partial charge in [0.2, 0.25) is 0 Å². The fourth-order valence-electron chi connectivity index (χ4n) is 1.06. The van der Waals surface area contributed by atoms with E-state index in [0.29, 0.717) is 10.8 Å². The summed E-state index contributed by atoms with van der Waals surface area (Å²) in [5.41, 5.74) is 5.57. The topological polar surface area (TPSA) is 61.0 Å². The molecule has 0 atom stereocenters. The number of nitrogens with zero attached hydrogens (tertiary/aromatic N) is 2. The number of hydrogen-bond acceptors (Lipinski definition) is 4. The molecule has 1 aromatic carbocycles. The smallest absolute Gasteiger partial charge is 0.262 e. The van der Waals surface area contributed by atoms with Crippen molar-refractivity contribution in [3.63, 3.8) is 0 Å². The highest BCUT2D eigenvalue weighted by Crippen LogP contribution is 2.24. The number of halogens is 1. The molecule has 0 amide bonds. The molecule has 0 spiro atoms. The lowest BCUT2D eigenvalue weighted by atomic mass is 10.3. The highest BCUT2D eigenvalue weighted by atomic mass is 35.5. The van der Waals surface area contributed by atoms with Crippen LogP contribution in [-0.2, 0) is 0 Å². The summed E-state index contributed by atoms with van der Waals surface area (Å²) in [6, 6.07) is 6.98. The van der Waals surface area contributed by atoms with E-state index in [-0.39, 0.29) is 11.7 Å². The summed E-state index contributed by atoms with van der Waals surface area (Å²) < 4.78 is 5.41. The van der Waals surface area contributed by atoms with Crippen molar-refractivity contribution in [3.05, 3.63) is 41.7 Å². The van der Waals surface area contributed by atoms with Gasteiger partial charge in [0.1, 0.15) is 5.75 Å². The first-order valence-electron chi connectivity index (χ1n) is 4.25. The van der Waals surface area contributed by atoms with Gasteiger partial charge < -0.3 is 10.5 Å². The fraction of sp³-hybridized carbons (Fsp3) is 0. The minimum absolute atomic E-state index is 0.248. The molecule has 0 fully saturated rings. The third kappa shape index (κ3) is 2.35. The van der Waals surface area contributed by atoms with Crippen LogP contribution in [0.3, 0.4) is 0 Å². The van der Waals surface area contributed by atoms with Gasteiger partial charge in [0, 0.05) is 17.4 Å². The van der Waals surface area contributed by atoms with E-state index in [2.05, 4.69) is 9.97 Å². The first-order chi connectivity index (χ1) is 7.25. The summed E-state index contributed by atoms with van der Waals surface area (Å²) in [5, 5.41) is 0.593. The molecule has 0 saturated carbocycles. The van der Waals surface area contributed by atoms with E-state index in [1.165, 1.54) is 12.4 Å². The predicted octanol–water partition coefficient (Wildman–Crippen LogP) is 2.50. The minimum atomic E-state index is 0.248. The largest absolute Gasteiger partial charge is 0.436 e. The molecule has 0 bridgehead atoms. The first-order valence-corrected chi connectivity index (χ1v) is 4.63. The van der Waals surface area contributed by atoms with E-state index in [9.17, 15) is 0 Å². The quantitative estimate of drug-likeness (QED) is 0.847. The summed E-state index contributed by atoms with van der Waals surface area (Å²) in [6.07, 6.45) is 3.01. The van der Waals surface area contributed by atoms with Gasteiger partial charge in [-0.25, -0.2) is 9.97 Å². The molecule has 15 heavy (non-hydrogen) atoms. The van der Waals surface area contributed by atoms with Crippen molar-refractivity contribution in [2.45, 2.75) is 0 Å². The predicted molar refractivity (Wildman–Crippen MR) is 58.0 cm³/mol. The van der Waals surface area contributed by atoms with Crippen LogP contribution in [0, 0.1) is 0 Å². The minimum Gasteiger partial charge on any atom is -0.436 e. The summed E-state index contributed by atoms with van der Waals surface area (Å²) in [7, 11) is 0. The van der Waals surface area contributed by atoms with Crippen LogP contribution < -0.4 is 10.5 Å². The zero-order chi connectivity index (χ0) is 10.7. The lowest BCUT2D eigenvalue weighted by Gasteiger charge is -2.05. The van der Waals surface area contributed by atoms with Gasteiger partial charge in [-0.2, -0.15) is 0 Å². The normalized spacial score (nSPS) is 9.93. The standard InChI is InChI=1S/C10H8ClN3O/c11-7-2-1-3-8(6-7)15-10-9(12)13-4-5-14-10/h1-6H,(H2,12,13). The van der Waals surface area contributed by atoms with Crippen LogP contribution >= 0.6 is 11.6 Å². The number of ether oxygens (including phenoxy) is 1. The fourth-order valence-corrected chi connectivity index (χ4v) is 1.24. The Morgan fingerprint density at radius 2 is 2.00 bits per heavy atom. The van der Waals surface area contributed by atoms with Crippen LogP contribution in [0.1, 0.15) is 0 Å². The number of anilines is 1. The van der Waals surface area contributed by atoms with Crippen molar-refractivity contribution >= 4 is 17.4 Å². The van der Waals surface area contributed by atoms with E-state index in [0.717, 1.165) is 0 Å². The molecule has 2 aromatic rings. The number of rotatable bonds is 2. The Morgan fingerprint density at radius 3 is 2.73 bits per heavy atom. The summed E-state index contributed by atoms with van der Waals surface area (Å²) in [4.78, 5) is 7.81. The van der Waals surface area contributed by atoms with Crippen molar-refractivity contribution in [1.82, 2.24) is 9.97 Å². The average molecular weight is 222 g/mol. The van der Waals surface area contributed by atoms with E-state index in [4.69, 9.17) is 22.1 Å². The Kier molecular flexibility index (Phi) is 2.69. The molecule has 2 rings (SSSR count). The maximum Gasteiger partial charge on any atom is 0.262 e. The van der Waals surface area contributed by atoms with Gasteiger partial charge in [-0.1, -0.05) is 17.7 Å². The highest BCUT2D eigenvalue weighted by molar-refractivity contribution is 6.30. The van der Waals surface area contributed by atoms with Crippen LogP contribution in [0.15, 0.2) is 36.7 Å². The van der Waals surface area contributed by atoms with Crippen molar-refractivity contribution in [3.8, 4) is 11.6 Å². The van der Waals surface area contributed by atoms with Crippen LogP contribution in [0.2, 0.25) is 5.02 Å². The zero-order valence-electron chi connectivity index (χ0n) is 7.72. The lowest BCUT2D eigenvalue weighted by molar-refractivity contribution is 0.463. The molecule has 0 saturated heterocycles. The molecular formula is C10H8ClN3O. The van der Waals surface area contributed by atoms with Gasteiger partial charge in [-0.05, 0) is 18.2 Å². The Balaban J connectivity index is 2.26. The number of nitrogen functional groups attached to an aromatic ring is 1. The molecule has 4 nitrogen and oxygen atoms in total. The number of nitrogens with two attached hydrogens (primary N) is 1. The van der Waals surface area contributed by atoms with Crippen LogP contribution in [-0.4, -0.2) is 9.97 Å². The maximum atomic E-state index is 5.80. The van der Waals surface area contributed by atoms with E-state index < -0.39 is 0 Å². The second kappa shape index (κ2) is 4.14. The number of benzene rings is 1. The van der Waals surface area contributed by atoms with Gasteiger partial charge in [0.25, 0.3) is 5.88 Å². The third-order valence-corrected chi connectivity index (χ3v) is 1.94. The molecule has 0 radical (unpaired) electrons. The van der Waals surface area contributed by atoms with Gasteiger partial charge in [-0.3, -0.25) is 0 Å². The molecule has 1 aromatic heterocycles. The lowest BCUT2D eigenvalue weighted by Crippen LogP contribution is -1.96. The van der Waals surface area contributed by atoms with Gasteiger partial charge in [-0.15, -0.1) is 0 Å². The van der Waals surface area contributed by atoms with Crippen LogP contribution in [0.4, 0.5) is 5.82 Å². The average Bonchev–Trinajstić information content (AvgIpc) is 2.22. The molecular weight excluding hydrogens is 214 g/mol. The van der Waals surface area contributed by atoms with E-state index >= 15 is 0 Å². The number of aromatic nitrogens is 2. The van der Waals surface area contributed by atoms with Crippen molar-refractivity contribution in [1.29, 1.82) is 0 Å². The SMILES string of the molecule is Nc1nccnc1Oc1cccc(Cl)c1. The third-order valence-electron chi connectivity index (χ3n) is 1.70. The van der Waals surface area contributed by atoms with Crippen LogP contribution in [0.25, 0.3) is 0 Å². The van der Waals surface area contributed by atoms with Crippen LogP contribution in [0.5, 0.6) is 11.6 Å². The summed E-state index contributed by atoms with van der Waals surface area (Å²) in [5.74, 6) is 1.10. The molecule has 76 valence electrons. The Morgan fingerprint density at radius 1 is 1.20 bits per heavy atom. The van der Waals surface area contributed by atoms with Gasteiger partial charge >= 0.3 is 0 Å². The molecule has 1 heterocycles. The highest BCUT2D eigenvalue weighted by Gasteiger charge is 2.03. The molecule has 0 aliphatic carbocycles. The number of hydrogen-bond donors (Lipinski definition) is 1. The zero-order valence-corrected chi connectivity index (χ0v) is 8.48. The van der Waals surface area contributed by atoms with Gasteiger partial charge in [0.15, 0.2) is 5.82 Å². The van der Waals surface area contributed by atoms with Crippen molar-refractivity contribution in [2.24, 2.45) is 0 Å². The Labute approximate surface area is 91.7 Å². The first kappa shape index (κ1) is 9.73. The maximum absolute atomic E-state index is 5.80. The molecule has 2 N–H and O–H groups in total. The molecule has 0 aliphatic heterocycles. The summed E-state index contributed by atoms with van der Waals surface area (Å²) >= 11 is 5.80. The second-order valence-electron chi connectivity index (χ2n) is 2.81. The van der Waals surface area contributed by atoms with E-state index in [1.54, 1.807) is 24.3 Å². The Hall–Kier alpha value is -1.81.